The molecule has 6 heteroatoms. The average Bonchev–Trinajstić information content (AvgIpc) is 2.94. The molecule has 0 bridgehead atoms. The maximum absolute atomic E-state index is 12.7. The molecule has 23 heavy (non-hydrogen) atoms. The van der Waals surface area contributed by atoms with Gasteiger partial charge in [0.05, 0.1) is 24.8 Å². The molecule has 6 nitrogen and oxygen atoms in total. The zero-order valence-electron chi connectivity index (χ0n) is 12.3. The molecule has 1 atom stereocenters. The van der Waals surface area contributed by atoms with Crippen LogP contribution in [0.1, 0.15) is 16.2 Å². The molecule has 0 saturated carbocycles. The number of aliphatic hydroxyl groups is 2. The molecule has 3 N–H and O–H groups in total. The van der Waals surface area contributed by atoms with Gasteiger partial charge in [0.25, 0.3) is 0 Å². The monoisotopic (exact) mass is 312 g/mol. The Balaban J connectivity index is 2.17. The summed E-state index contributed by atoms with van der Waals surface area (Å²) in [5.74, 6) is -0.237. The van der Waals surface area contributed by atoms with Crippen LogP contribution < -0.4 is 0 Å². The fraction of sp³-hybridized carbons (Fsp3) is 0.176. The summed E-state index contributed by atoms with van der Waals surface area (Å²) in [5, 5.41) is 28.9. The number of carbonyl (C=O) groups is 1. The van der Waals surface area contributed by atoms with Crippen molar-refractivity contribution in [1.29, 1.82) is 0 Å². The molecule has 0 radical (unpaired) electrons. The van der Waals surface area contributed by atoms with Gasteiger partial charge in [-0.1, -0.05) is 36.4 Å². The topological polar surface area (TPSA) is 95.6 Å². The Hall–Kier alpha value is -2.70. The molecule has 3 aromatic rings. The van der Waals surface area contributed by atoms with E-state index in [-0.39, 0.29) is 23.9 Å². The summed E-state index contributed by atoms with van der Waals surface area (Å²) in [4.78, 5) is 17.0. The van der Waals surface area contributed by atoms with E-state index in [0.717, 1.165) is 0 Å². The summed E-state index contributed by atoms with van der Waals surface area (Å²) in [6.45, 7) is -0.495. The minimum Gasteiger partial charge on any atom is -0.506 e. The van der Waals surface area contributed by atoms with Crippen molar-refractivity contribution in [2.45, 2.75) is 12.6 Å². The number of aliphatic hydroxyl groups excluding tert-OH is 2. The average molecular weight is 312 g/mol. The van der Waals surface area contributed by atoms with Crippen molar-refractivity contribution in [3.8, 4) is 5.75 Å². The third-order valence-electron chi connectivity index (χ3n) is 3.59. The van der Waals surface area contributed by atoms with Crippen molar-refractivity contribution in [1.82, 2.24) is 9.55 Å². The molecule has 3 rings (SSSR count). The normalized spacial score (nSPS) is 12.4. The van der Waals surface area contributed by atoms with Gasteiger partial charge in [-0.15, -0.1) is 0 Å². The van der Waals surface area contributed by atoms with Crippen molar-refractivity contribution < 1.29 is 20.1 Å². The quantitative estimate of drug-likeness (QED) is 0.618. The fourth-order valence-electron chi connectivity index (χ4n) is 2.50. The first-order valence-corrected chi connectivity index (χ1v) is 7.18. The van der Waals surface area contributed by atoms with Gasteiger partial charge in [-0.05, 0) is 12.1 Å². The zero-order valence-corrected chi connectivity index (χ0v) is 12.3. The number of hydrogen-bond acceptors (Lipinski definition) is 5. The summed E-state index contributed by atoms with van der Waals surface area (Å²) in [7, 11) is 0. The van der Waals surface area contributed by atoms with Crippen LogP contribution >= 0.6 is 0 Å². The number of para-hydroxylation sites is 1. The largest absolute Gasteiger partial charge is 0.506 e. The van der Waals surface area contributed by atoms with E-state index in [1.807, 2.05) is 0 Å². The van der Waals surface area contributed by atoms with Gasteiger partial charge in [-0.2, -0.15) is 0 Å². The fourth-order valence-corrected chi connectivity index (χ4v) is 2.50. The number of aromatic hydroxyl groups is 1. The van der Waals surface area contributed by atoms with Crippen LogP contribution in [0.2, 0.25) is 0 Å². The molecule has 0 aliphatic rings. The van der Waals surface area contributed by atoms with Crippen LogP contribution in [0.15, 0.2) is 48.5 Å². The van der Waals surface area contributed by atoms with Gasteiger partial charge in [0.1, 0.15) is 11.3 Å². The molecule has 118 valence electrons. The number of imidazole rings is 1. The first-order valence-electron chi connectivity index (χ1n) is 7.18. The van der Waals surface area contributed by atoms with Crippen LogP contribution in [0, 0.1) is 0 Å². The lowest BCUT2D eigenvalue weighted by molar-refractivity contribution is 0.0803. The third-order valence-corrected chi connectivity index (χ3v) is 3.59. The van der Waals surface area contributed by atoms with E-state index in [9.17, 15) is 15.0 Å². The lowest BCUT2D eigenvalue weighted by Crippen LogP contribution is -2.23. The highest BCUT2D eigenvalue weighted by atomic mass is 16.3. The molecular formula is C17H16N2O4. The first kappa shape index (κ1) is 15.2. The molecule has 2 aromatic carbocycles. The van der Waals surface area contributed by atoms with Gasteiger partial charge in [-0.3, -0.25) is 4.79 Å². The summed E-state index contributed by atoms with van der Waals surface area (Å²) < 4.78 is 1.45. The Morgan fingerprint density at radius 1 is 1.13 bits per heavy atom. The van der Waals surface area contributed by atoms with Crippen molar-refractivity contribution in [3.63, 3.8) is 0 Å². The number of ketones is 1. The van der Waals surface area contributed by atoms with E-state index in [1.165, 1.54) is 10.6 Å². The number of rotatable bonds is 5. The minimum absolute atomic E-state index is 0.0350. The maximum Gasteiger partial charge on any atom is 0.228 e. The second kappa shape index (κ2) is 6.20. The third kappa shape index (κ3) is 2.81. The van der Waals surface area contributed by atoms with Crippen molar-refractivity contribution in [2.24, 2.45) is 0 Å². The second-order valence-electron chi connectivity index (χ2n) is 5.22. The summed E-state index contributed by atoms with van der Waals surface area (Å²) in [6.07, 6.45) is -1.06. The molecule has 1 aromatic heterocycles. The molecule has 1 unspecified atom stereocenters. The van der Waals surface area contributed by atoms with E-state index in [4.69, 9.17) is 5.11 Å². The molecule has 0 spiro atoms. The van der Waals surface area contributed by atoms with Gasteiger partial charge in [0, 0.05) is 5.56 Å². The molecule has 1 heterocycles. The lowest BCUT2D eigenvalue weighted by atomic mass is 10.1. The molecule has 0 aliphatic heterocycles. The molecule has 0 aliphatic carbocycles. The summed E-state index contributed by atoms with van der Waals surface area (Å²) in [5.41, 5.74) is 1.27. The van der Waals surface area contributed by atoms with Crippen molar-refractivity contribution in [2.75, 3.05) is 6.61 Å². The van der Waals surface area contributed by atoms with Crippen LogP contribution in [-0.2, 0) is 6.54 Å². The van der Waals surface area contributed by atoms with E-state index in [1.54, 1.807) is 42.5 Å². The number of nitrogens with zero attached hydrogens (tertiary/aromatic N) is 2. The van der Waals surface area contributed by atoms with Crippen molar-refractivity contribution >= 4 is 16.8 Å². The molecule has 0 fully saturated rings. The number of hydrogen-bond donors (Lipinski definition) is 3. The number of fused-ring (bicyclic) bond motifs is 1. The highest BCUT2D eigenvalue weighted by Crippen LogP contribution is 2.27. The van der Waals surface area contributed by atoms with Crippen LogP contribution in [0.3, 0.4) is 0 Å². The maximum atomic E-state index is 12.7. The van der Waals surface area contributed by atoms with E-state index in [0.29, 0.717) is 16.6 Å². The Morgan fingerprint density at radius 2 is 1.87 bits per heavy atom. The van der Waals surface area contributed by atoms with Crippen molar-refractivity contribution in [3.05, 3.63) is 59.9 Å². The Kier molecular flexibility index (Phi) is 4.10. The molecule has 0 amide bonds. The lowest BCUT2D eigenvalue weighted by Gasteiger charge is -2.12. The zero-order chi connectivity index (χ0) is 16.4. The highest BCUT2D eigenvalue weighted by Gasteiger charge is 2.22. The summed E-state index contributed by atoms with van der Waals surface area (Å²) >= 11 is 0. The minimum atomic E-state index is -1.06. The molecular weight excluding hydrogens is 296 g/mol. The predicted octanol–water partition coefficient (Wildman–Crippen LogP) is 1.33. The van der Waals surface area contributed by atoms with E-state index in [2.05, 4.69) is 4.98 Å². The van der Waals surface area contributed by atoms with Crippen LogP contribution in [0.4, 0.5) is 0 Å². The van der Waals surface area contributed by atoms with Crippen LogP contribution in [-0.4, -0.2) is 43.4 Å². The molecule has 0 saturated heterocycles. The highest BCUT2D eigenvalue weighted by molar-refractivity contribution is 6.08. The van der Waals surface area contributed by atoms with E-state index >= 15 is 0 Å². The summed E-state index contributed by atoms with van der Waals surface area (Å²) in [6, 6.07) is 13.5. The van der Waals surface area contributed by atoms with Gasteiger partial charge >= 0.3 is 0 Å². The van der Waals surface area contributed by atoms with Crippen LogP contribution in [0.25, 0.3) is 11.0 Å². The SMILES string of the molecule is O=C(c1ccccc1)c1nc2cccc(O)c2n1CC(O)CO. The van der Waals surface area contributed by atoms with Gasteiger partial charge < -0.3 is 19.9 Å². The number of aromatic nitrogens is 2. The van der Waals surface area contributed by atoms with E-state index < -0.39 is 12.7 Å². The van der Waals surface area contributed by atoms with Gasteiger partial charge in [0.15, 0.2) is 5.82 Å². The van der Waals surface area contributed by atoms with Gasteiger partial charge in [0.2, 0.25) is 5.78 Å². The Labute approximate surface area is 132 Å². The van der Waals surface area contributed by atoms with Crippen LogP contribution in [0.5, 0.6) is 5.75 Å². The number of phenolic OH excluding ortho intramolecular Hbond substituents is 1. The second-order valence-corrected chi connectivity index (χ2v) is 5.22. The first-order chi connectivity index (χ1) is 11.1. The smallest absolute Gasteiger partial charge is 0.228 e. The Morgan fingerprint density at radius 3 is 2.57 bits per heavy atom. The standard InChI is InChI=1S/C17H16N2O4/c20-10-12(21)9-19-15-13(7-4-8-14(15)22)18-17(19)16(23)11-5-2-1-3-6-11/h1-8,12,20-22H,9-10H2. The predicted molar refractivity (Wildman–Crippen MR) is 84.4 cm³/mol. The number of phenols is 1. The Bertz CT molecular complexity index is 842. The number of carbonyl (C=O) groups excluding carboxylic acids is 1. The number of benzene rings is 2. The van der Waals surface area contributed by atoms with Gasteiger partial charge in [-0.25, -0.2) is 4.98 Å².